The van der Waals surface area contributed by atoms with Crippen LogP contribution < -0.4 is 10.1 Å². The van der Waals surface area contributed by atoms with Gasteiger partial charge in [-0.05, 0) is 53.6 Å². The Kier molecular flexibility index (Phi) is 3.80. The molecule has 0 radical (unpaired) electrons. The second kappa shape index (κ2) is 6.19. The molecular weight excluding hydrogens is 410 g/mol. The molecule has 0 spiro atoms. The van der Waals surface area contributed by atoms with E-state index in [0.717, 1.165) is 32.2 Å². The zero-order valence-electron chi connectivity index (χ0n) is 13.8. The van der Waals surface area contributed by atoms with Crippen LogP contribution in [0.2, 0.25) is 5.02 Å². The number of halogens is 2. The van der Waals surface area contributed by atoms with Gasteiger partial charge < -0.3 is 10.1 Å². The molecular formula is C22H15BrClNO. The lowest BCUT2D eigenvalue weighted by atomic mass is 9.79. The summed E-state index contributed by atoms with van der Waals surface area (Å²) in [5.41, 5.74) is 7.09. The minimum atomic E-state index is 0.129. The minimum absolute atomic E-state index is 0.129. The number of para-hydroxylation sites is 1. The monoisotopic (exact) mass is 423 g/mol. The topological polar surface area (TPSA) is 21.3 Å². The van der Waals surface area contributed by atoms with Crippen molar-refractivity contribution in [3.8, 4) is 5.75 Å². The van der Waals surface area contributed by atoms with E-state index in [1.54, 1.807) is 0 Å². The molecule has 3 aromatic carbocycles. The summed E-state index contributed by atoms with van der Waals surface area (Å²) >= 11 is 9.74. The summed E-state index contributed by atoms with van der Waals surface area (Å²) < 4.78 is 7.15. The third kappa shape index (κ3) is 2.54. The zero-order chi connectivity index (χ0) is 17.7. The van der Waals surface area contributed by atoms with Gasteiger partial charge in [-0.15, -0.1) is 0 Å². The maximum Gasteiger partial charge on any atom is 0.129 e. The normalized spacial score (nSPS) is 17.5. The molecule has 0 saturated heterocycles. The Hall–Kier alpha value is -2.23. The van der Waals surface area contributed by atoms with Crippen molar-refractivity contribution in [1.82, 2.24) is 0 Å². The average Bonchev–Trinajstić information content (AvgIpc) is 2.67. The predicted molar refractivity (Wildman–Crippen MR) is 110 cm³/mol. The third-order valence-electron chi connectivity index (χ3n) is 5.00. The number of ether oxygens (including phenoxy) is 1. The summed E-state index contributed by atoms with van der Waals surface area (Å²) in [4.78, 5) is 0. The van der Waals surface area contributed by atoms with Crippen molar-refractivity contribution in [2.75, 3.05) is 11.9 Å². The molecule has 5 rings (SSSR count). The van der Waals surface area contributed by atoms with Crippen LogP contribution in [0.4, 0.5) is 5.69 Å². The lowest BCUT2D eigenvalue weighted by Crippen LogP contribution is -2.25. The molecule has 0 amide bonds. The van der Waals surface area contributed by atoms with Crippen LogP contribution in [0.1, 0.15) is 22.6 Å². The van der Waals surface area contributed by atoms with Crippen LogP contribution in [0.15, 0.2) is 76.8 Å². The number of hydrogen-bond donors (Lipinski definition) is 1. The van der Waals surface area contributed by atoms with Crippen LogP contribution in [-0.4, -0.2) is 6.61 Å². The summed E-state index contributed by atoms with van der Waals surface area (Å²) in [6.45, 7) is 0.568. The molecule has 1 atom stereocenters. The Balaban J connectivity index is 1.75. The summed E-state index contributed by atoms with van der Waals surface area (Å²) in [6.07, 6.45) is 0. The molecule has 26 heavy (non-hydrogen) atoms. The van der Waals surface area contributed by atoms with Crippen LogP contribution in [-0.2, 0) is 0 Å². The summed E-state index contributed by atoms with van der Waals surface area (Å²) in [7, 11) is 0. The van der Waals surface area contributed by atoms with Crippen LogP contribution in [0.5, 0.6) is 5.75 Å². The number of fused-ring (bicyclic) bond motifs is 3. The molecule has 0 aromatic heterocycles. The van der Waals surface area contributed by atoms with Crippen LogP contribution in [0, 0.1) is 0 Å². The molecule has 2 heterocycles. The van der Waals surface area contributed by atoms with Crippen molar-refractivity contribution in [2.24, 2.45) is 0 Å². The van der Waals surface area contributed by atoms with Gasteiger partial charge in [0.2, 0.25) is 0 Å². The van der Waals surface area contributed by atoms with E-state index in [4.69, 9.17) is 16.3 Å². The van der Waals surface area contributed by atoms with Crippen molar-refractivity contribution in [1.29, 1.82) is 0 Å². The lowest BCUT2D eigenvalue weighted by molar-refractivity contribution is 0.339. The molecule has 128 valence electrons. The van der Waals surface area contributed by atoms with E-state index < -0.39 is 0 Å². The van der Waals surface area contributed by atoms with E-state index in [0.29, 0.717) is 6.61 Å². The number of hydrogen-bond acceptors (Lipinski definition) is 2. The highest BCUT2D eigenvalue weighted by Gasteiger charge is 2.33. The Morgan fingerprint density at radius 2 is 1.81 bits per heavy atom. The number of rotatable bonds is 1. The molecule has 3 aromatic rings. The average molecular weight is 425 g/mol. The number of nitrogens with one attached hydrogen (secondary N) is 1. The second-order valence-corrected chi connectivity index (χ2v) is 7.88. The first kappa shape index (κ1) is 16.0. The predicted octanol–water partition coefficient (Wildman–Crippen LogP) is 6.46. The first-order chi connectivity index (χ1) is 12.7. The maximum absolute atomic E-state index is 6.12. The van der Waals surface area contributed by atoms with E-state index in [9.17, 15) is 0 Å². The van der Waals surface area contributed by atoms with Gasteiger partial charge in [0.25, 0.3) is 0 Å². The first-order valence-electron chi connectivity index (χ1n) is 8.48. The number of benzene rings is 3. The van der Waals surface area contributed by atoms with Gasteiger partial charge in [-0.2, -0.15) is 0 Å². The highest BCUT2D eigenvalue weighted by molar-refractivity contribution is 9.10. The Labute approximate surface area is 165 Å². The zero-order valence-corrected chi connectivity index (χ0v) is 16.1. The second-order valence-electron chi connectivity index (χ2n) is 6.53. The minimum Gasteiger partial charge on any atom is -0.488 e. The lowest BCUT2D eigenvalue weighted by Gasteiger charge is -2.36. The maximum atomic E-state index is 6.12. The molecule has 2 aliphatic heterocycles. The van der Waals surface area contributed by atoms with Crippen molar-refractivity contribution < 1.29 is 4.74 Å². The van der Waals surface area contributed by atoms with Gasteiger partial charge in [0.1, 0.15) is 12.4 Å². The Morgan fingerprint density at radius 3 is 2.65 bits per heavy atom. The summed E-state index contributed by atoms with van der Waals surface area (Å²) in [5.74, 6) is 1.05. The molecule has 0 bridgehead atoms. The van der Waals surface area contributed by atoms with Gasteiger partial charge in [0, 0.05) is 32.2 Å². The Morgan fingerprint density at radius 1 is 1.00 bits per heavy atom. The molecule has 1 unspecified atom stereocenters. The largest absolute Gasteiger partial charge is 0.488 e. The molecule has 2 nitrogen and oxygen atoms in total. The number of anilines is 1. The summed E-state index contributed by atoms with van der Waals surface area (Å²) in [5, 5.41) is 4.39. The standard InChI is InChI=1S/C22H15BrClNO/c23-14-7-10-19-17(11-14)21(13-5-8-15(24)9-6-13)18-12-26-20-4-2-1-3-16(20)22(18)25-19/h1-11,21,25H,12H2. The fourth-order valence-electron chi connectivity index (χ4n) is 3.82. The van der Waals surface area contributed by atoms with Gasteiger partial charge in [-0.3, -0.25) is 0 Å². The quantitative estimate of drug-likeness (QED) is 0.484. The molecule has 0 saturated carbocycles. The van der Waals surface area contributed by atoms with Gasteiger partial charge >= 0.3 is 0 Å². The molecule has 4 heteroatoms. The van der Waals surface area contributed by atoms with Gasteiger partial charge in [0.05, 0.1) is 5.70 Å². The first-order valence-corrected chi connectivity index (χ1v) is 9.65. The fourth-order valence-corrected chi connectivity index (χ4v) is 4.32. The van der Waals surface area contributed by atoms with Crippen LogP contribution >= 0.6 is 27.5 Å². The smallest absolute Gasteiger partial charge is 0.129 e. The molecule has 0 aliphatic carbocycles. The molecule has 0 fully saturated rings. The van der Waals surface area contributed by atoms with E-state index in [1.807, 2.05) is 30.3 Å². The van der Waals surface area contributed by atoms with Crippen molar-refractivity contribution in [3.05, 3.63) is 98.5 Å². The van der Waals surface area contributed by atoms with Crippen LogP contribution in [0.3, 0.4) is 0 Å². The van der Waals surface area contributed by atoms with Crippen molar-refractivity contribution >= 4 is 38.9 Å². The van der Waals surface area contributed by atoms with E-state index in [2.05, 4.69) is 57.6 Å². The van der Waals surface area contributed by atoms with Gasteiger partial charge in [-0.25, -0.2) is 0 Å². The van der Waals surface area contributed by atoms with Crippen LogP contribution in [0.25, 0.3) is 5.70 Å². The molecule has 1 N–H and O–H groups in total. The van der Waals surface area contributed by atoms with Gasteiger partial charge in [0.15, 0.2) is 0 Å². The SMILES string of the molecule is Clc1ccc(C2C3=C(Nc4ccc(Br)cc42)c2ccccc2OC3)cc1. The van der Waals surface area contributed by atoms with E-state index >= 15 is 0 Å². The van der Waals surface area contributed by atoms with Crippen molar-refractivity contribution in [3.63, 3.8) is 0 Å². The highest BCUT2D eigenvalue weighted by Crippen LogP contribution is 2.48. The summed E-state index contributed by atoms with van der Waals surface area (Å²) in [6, 6.07) is 22.7. The van der Waals surface area contributed by atoms with E-state index in [1.165, 1.54) is 16.7 Å². The van der Waals surface area contributed by atoms with Crippen molar-refractivity contribution in [2.45, 2.75) is 5.92 Å². The highest BCUT2D eigenvalue weighted by atomic mass is 79.9. The Bertz CT molecular complexity index is 1040. The van der Waals surface area contributed by atoms with E-state index in [-0.39, 0.29) is 5.92 Å². The fraction of sp³-hybridized carbons (Fsp3) is 0.0909. The third-order valence-corrected chi connectivity index (χ3v) is 5.74. The molecule has 2 aliphatic rings. The van der Waals surface area contributed by atoms with Gasteiger partial charge in [-0.1, -0.05) is 51.8 Å².